The Kier molecular flexibility index (Phi) is 6.31. The van der Waals surface area contributed by atoms with Crippen molar-refractivity contribution in [3.63, 3.8) is 0 Å². The van der Waals surface area contributed by atoms with Gasteiger partial charge in [-0.1, -0.05) is 36.5 Å². The first-order chi connectivity index (χ1) is 17.8. The van der Waals surface area contributed by atoms with Crippen molar-refractivity contribution in [3.8, 4) is 0 Å². The van der Waals surface area contributed by atoms with E-state index in [1.54, 1.807) is 12.1 Å². The van der Waals surface area contributed by atoms with Crippen LogP contribution in [0.4, 0.5) is 9.52 Å². The molecule has 9 heteroatoms. The molecule has 1 N–H and O–H groups in total. The predicted molar refractivity (Wildman–Crippen MR) is 138 cm³/mol. The maximum atomic E-state index is 13.5. The molecule has 1 atom stereocenters. The number of rotatable bonds is 5. The number of nitrogens with zero attached hydrogens (tertiary/aromatic N) is 2. The molecule has 1 amide bonds. The van der Waals surface area contributed by atoms with Gasteiger partial charge >= 0.3 is 11.9 Å². The van der Waals surface area contributed by atoms with Gasteiger partial charge in [0.1, 0.15) is 11.6 Å². The van der Waals surface area contributed by atoms with Crippen molar-refractivity contribution in [1.82, 2.24) is 4.98 Å². The van der Waals surface area contributed by atoms with E-state index in [0.717, 1.165) is 28.8 Å². The molecule has 1 aromatic heterocycles. The van der Waals surface area contributed by atoms with Gasteiger partial charge in [0.05, 0.1) is 34.5 Å². The van der Waals surface area contributed by atoms with Crippen LogP contribution < -0.4 is 4.90 Å². The summed E-state index contributed by atoms with van der Waals surface area (Å²) in [5.74, 6) is -3.21. The summed E-state index contributed by atoms with van der Waals surface area (Å²) in [5.41, 5.74) is 2.58. The van der Waals surface area contributed by atoms with Crippen molar-refractivity contribution in [2.45, 2.75) is 19.4 Å². The van der Waals surface area contributed by atoms with Gasteiger partial charge in [-0.15, -0.1) is 0 Å². The average Bonchev–Trinajstić information content (AvgIpc) is 3.45. The SMILES string of the molecule is CCc1ccc2nc(N3C(=O)C(=O)C(=C(O)c4ccc(F)cc4)C3c3ccc(C(=O)OC)cc3)sc2c1. The molecule has 1 aliphatic rings. The number of aliphatic hydroxyl groups excluding tert-OH is 1. The molecule has 0 aliphatic carbocycles. The molecular weight excluding hydrogens is 495 g/mol. The van der Waals surface area contributed by atoms with Crippen molar-refractivity contribution >= 4 is 50.1 Å². The molecule has 5 rings (SSSR count). The number of anilines is 1. The van der Waals surface area contributed by atoms with E-state index in [2.05, 4.69) is 4.98 Å². The van der Waals surface area contributed by atoms with E-state index in [4.69, 9.17) is 4.74 Å². The molecular formula is C28H21FN2O5S. The zero-order chi connectivity index (χ0) is 26.3. The minimum atomic E-state index is -1.03. The highest BCUT2D eigenvalue weighted by Gasteiger charge is 2.48. The van der Waals surface area contributed by atoms with Gasteiger partial charge in [-0.05, 0) is 66.1 Å². The van der Waals surface area contributed by atoms with Crippen LogP contribution in [0.5, 0.6) is 0 Å². The Morgan fingerprint density at radius 2 is 1.73 bits per heavy atom. The average molecular weight is 517 g/mol. The molecule has 37 heavy (non-hydrogen) atoms. The molecule has 1 aliphatic heterocycles. The van der Waals surface area contributed by atoms with Gasteiger partial charge in [0.15, 0.2) is 5.13 Å². The number of carbonyl (C=O) groups excluding carboxylic acids is 3. The predicted octanol–water partition coefficient (Wildman–Crippen LogP) is 5.41. The van der Waals surface area contributed by atoms with E-state index in [-0.39, 0.29) is 16.7 Å². The number of aromatic nitrogens is 1. The van der Waals surface area contributed by atoms with Crippen molar-refractivity contribution in [2.75, 3.05) is 12.0 Å². The second-order valence-corrected chi connectivity index (χ2v) is 9.45. The number of carbonyl (C=O) groups is 3. The third-order valence-corrected chi connectivity index (χ3v) is 7.28. The summed E-state index contributed by atoms with van der Waals surface area (Å²) in [4.78, 5) is 44.5. The van der Waals surface area contributed by atoms with Gasteiger partial charge in [0, 0.05) is 5.56 Å². The van der Waals surface area contributed by atoms with Crippen LogP contribution in [-0.4, -0.2) is 34.9 Å². The number of Topliss-reactive ketones (excluding diaryl/α,β-unsaturated/α-hetero) is 1. The van der Waals surface area contributed by atoms with Crippen molar-refractivity contribution in [1.29, 1.82) is 0 Å². The van der Waals surface area contributed by atoms with Gasteiger partial charge in [0.25, 0.3) is 5.78 Å². The lowest BCUT2D eigenvalue weighted by atomic mass is 9.95. The fourth-order valence-corrected chi connectivity index (χ4v) is 5.36. The van der Waals surface area contributed by atoms with Gasteiger partial charge in [0.2, 0.25) is 0 Å². The Hall–Kier alpha value is -4.37. The van der Waals surface area contributed by atoms with Gasteiger partial charge in [-0.2, -0.15) is 0 Å². The van der Waals surface area contributed by atoms with Crippen molar-refractivity contribution < 1.29 is 28.6 Å². The summed E-state index contributed by atoms with van der Waals surface area (Å²) in [7, 11) is 1.27. The Balaban J connectivity index is 1.70. The Bertz CT molecular complexity index is 1570. The number of methoxy groups -OCH3 is 1. The lowest BCUT2D eigenvalue weighted by Crippen LogP contribution is -2.29. The number of ketones is 1. The topological polar surface area (TPSA) is 96.8 Å². The number of aliphatic hydroxyl groups is 1. The molecule has 186 valence electrons. The Labute approximate surface area is 215 Å². The van der Waals surface area contributed by atoms with Gasteiger partial charge in [-0.3, -0.25) is 14.5 Å². The van der Waals surface area contributed by atoms with Crippen molar-refractivity contribution in [3.05, 3.63) is 100 Å². The molecule has 1 unspecified atom stereocenters. The molecule has 3 aromatic carbocycles. The Morgan fingerprint density at radius 3 is 2.38 bits per heavy atom. The number of halogens is 1. The Morgan fingerprint density at radius 1 is 1.05 bits per heavy atom. The fraction of sp³-hybridized carbons (Fsp3) is 0.143. The summed E-state index contributed by atoms with van der Waals surface area (Å²) in [6.45, 7) is 2.04. The van der Waals surface area contributed by atoms with E-state index in [9.17, 15) is 23.9 Å². The maximum absolute atomic E-state index is 13.5. The number of hydrogen-bond acceptors (Lipinski definition) is 7. The number of esters is 1. The normalized spacial score (nSPS) is 16.9. The van der Waals surface area contributed by atoms with Crippen LogP contribution in [0.3, 0.4) is 0 Å². The molecule has 7 nitrogen and oxygen atoms in total. The molecule has 2 heterocycles. The van der Waals surface area contributed by atoms with E-state index in [0.29, 0.717) is 16.2 Å². The van der Waals surface area contributed by atoms with Crippen molar-refractivity contribution in [2.24, 2.45) is 0 Å². The monoisotopic (exact) mass is 516 g/mol. The summed E-state index contributed by atoms with van der Waals surface area (Å²) in [6.07, 6.45) is 0.831. The van der Waals surface area contributed by atoms with E-state index in [1.807, 2.05) is 25.1 Å². The summed E-state index contributed by atoms with van der Waals surface area (Å²) in [6, 6.07) is 16.0. The van der Waals surface area contributed by atoms with E-state index in [1.165, 1.54) is 47.6 Å². The summed E-state index contributed by atoms with van der Waals surface area (Å²) in [5, 5.41) is 11.4. The molecule has 0 spiro atoms. The molecule has 0 saturated carbocycles. The first kappa shape index (κ1) is 24.3. The van der Waals surface area contributed by atoms with E-state index >= 15 is 0 Å². The van der Waals surface area contributed by atoms with E-state index < -0.39 is 35.3 Å². The standard InChI is InChI=1S/C28H21FN2O5S/c1-3-15-4-13-20-21(14-15)37-28(30-20)31-23(16-5-7-18(8-6-16)27(35)36-2)22(25(33)26(31)34)24(32)17-9-11-19(29)12-10-17/h4-14,23,32H,3H2,1-2H3. The minimum Gasteiger partial charge on any atom is -0.507 e. The van der Waals surface area contributed by atoms with Crippen LogP contribution in [0.25, 0.3) is 16.0 Å². The second kappa shape index (κ2) is 9.59. The number of fused-ring (bicyclic) bond motifs is 1. The van der Waals surface area contributed by atoms with Gasteiger partial charge < -0.3 is 9.84 Å². The molecule has 0 radical (unpaired) electrons. The van der Waals surface area contributed by atoms with Crippen LogP contribution >= 0.6 is 11.3 Å². The summed E-state index contributed by atoms with van der Waals surface area (Å²) < 4.78 is 19.1. The fourth-order valence-electron chi connectivity index (χ4n) is 4.31. The molecule has 1 saturated heterocycles. The minimum absolute atomic E-state index is 0.157. The largest absolute Gasteiger partial charge is 0.507 e. The number of thiazole rings is 1. The van der Waals surface area contributed by atoms with Crippen LogP contribution in [0.2, 0.25) is 0 Å². The lowest BCUT2D eigenvalue weighted by Gasteiger charge is -2.23. The van der Waals surface area contributed by atoms with Crippen LogP contribution in [0.1, 0.15) is 40.0 Å². The quantitative estimate of drug-likeness (QED) is 0.165. The maximum Gasteiger partial charge on any atom is 0.337 e. The molecule has 1 fully saturated rings. The molecule has 4 aromatic rings. The number of hydrogen-bond donors (Lipinski definition) is 1. The number of benzene rings is 3. The van der Waals surface area contributed by atoms with Gasteiger partial charge in [-0.25, -0.2) is 14.2 Å². The third-order valence-electron chi connectivity index (χ3n) is 6.27. The highest BCUT2D eigenvalue weighted by atomic mass is 32.1. The zero-order valence-corrected chi connectivity index (χ0v) is 20.7. The zero-order valence-electron chi connectivity index (χ0n) is 19.9. The third kappa shape index (κ3) is 4.27. The van der Waals surface area contributed by atoms with Crippen LogP contribution in [0, 0.1) is 5.82 Å². The lowest BCUT2D eigenvalue weighted by molar-refractivity contribution is -0.132. The molecule has 0 bridgehead atoms. The highest BCUT2D eigenvalue weighted by molar-refractivity contribution is 7.22. The second-order valence-electron chi connectivity index (χ2n) is 8.44. The summed E-state index contributed by atoms with van der Waals surface area (Å²) >= 11 is 1.27. The van der Waals surface area contributed by atoms with Crippen LogP contribution in [-0.2, 0) is 20.7 Å². The van der Waals surface area contributed by atoms with Crippen LogP contribution in [0.15, 0.2) is 72.3 Å². The number of aryl methyl sites for hydroxylation is 1. The number of amides is 1. The smallest absolute Gasteiger partial charge is 0.337 e. The first-order valence-corrected chi connectivity index (χ1v) is 12.3. The first-order valence-electron chi connectivity index (χ1n) is 11.5. The number of ether oxygens (including phenoxy) is 1. The highest BCUT2D eigenvalue weighted by Crippen LogP contribution is 2.44.